The SMILES string of the molecule is CC(OC(=O)c1c[nH]c2ccc(Br)cc12)C(=O)Nc1cccnc1Cl. The number of carbonyl (C=O) groups is 2. The molecule has 0 saturated carbocycles. The molecule has 0 aliphatic rings. The van der Waals surface area contributed by atoms with Crippen LogP contribution in [0.25, 0.3) is 10.9 Å². The molecule has 0 aliphatic carbocycles. The van der Waals surface area contributed by atoms with Gasteiger partial charge < -0.3 is 15.0 Å². The molecule has 0 aliphatic heterocycles. The maximum absolute atomic E-state index is 12.4. The van der Waals surface area contributed by atoms with Gasteiger partial charge in [0.1, 0.15) is 0 Å². The fourth-order valence-corrected chi connectivity index (χ4v) is 2.78. The van der Waals surface area contributed by atoms with Gasteiger partial charge in [0.2, 0.25) is 0 Å². The van der Waals surface area contributed by atoms with Crippen molar-refractivity contribution in [2.24, 2.45) is 0 Å². The number of carbonyl (C=O) groups excluding carboxylic acids is 2. The van der Waals surface area contributed by atoms with E-state index in [4.69, 9.17) is 16.3 Å². The second kappa shape index (κ2) is 7.25. The summed E-state index contributed by atoms with van der Waals surface area (Å²) >= 11 is 9.27. The minimum Gasteiger partial charge on any atom is -0.449 e. The molecular formula is C17H13BrClN3O3. The molecule has 1 amide bonds. The zero-order valence-electron chi connectivity index (χ0n) is 13.0. The van der Waals surface area contributed by atoms with Gasteiger partial charge in [-0.3, -0.25) is 4.79 Å². The van der Waals surface area contributed by atoms with Gasteiger partial charge in [-0.25, -0.2) is 9.78 Å². The van der Waals surface area contributed by atoms with E-state index in [9.17, 15) is 9.59 Å². The number of pyridine rings is 1. The number of ether oxygens (including phenoxy) is 1. The Balaban J connectivity index is 1.72. The van der Waals surface area contributed by atoms with Crippen molar-refractivity contribution < 1.29 is 14.3 Å². The molecule has 1 atom stereocenters. The largest absolute Gasteiger partial charge is 0.449 e. The third-order valence-electron chi connectivity index (χ3n) is 3.53. The molecule has 2 heterocycles. The van der Waals surface area contributed by atoms with Crippen molar-refractivity contribution in [3.63, 3.8) is 0 Å². The topological polar surface area (TPSA) is 84.1 Å². The van der Waals surface area contributed by atoms with Gasteiger partial charge >= 0.3 is 5.97 Å². The highest BCUT2D eigenvalue weighted by Crippen LogP contribution is 2.24. The smallest absolute Gasteiger partial charge is 0.341 e. The molecule has 3 aromatic rings. The van der Waals surface area contributed by atoms with Crippen LogP contribution in [-0.4, -0.2) is 27.9 Å². The highest BCUT2D eigenvalue weighted by atomic mass is 79.9. The summed E-state index contributed by atoms with van der Waals surface area (Å²) in [7, 11) is 0. The summed E-state index contributed by atoms with van der Waals surface area (Å²) in [6.07, 6.45) is 2.07. The molecule has 1 unspecified atom stereocenters. The van der Waals surface area contributed by atoms with Crippen molar-refractivity contribution in [3.05, 3.63) is 57.9 Å². The Morgan fingerprint density at radius 2 is 2.16 bits per heavy atom. The third-order valence-corrected chi connectivity index (χ3v) is 4.33. The lowest BCUT2D eigenvalue weighted by Crippen LogP contribution is -2.30. The van der Waals surface area contributed by atoms with Crippen LogP contribution < -0.4 is 5.32 Å². The second-order valence-electron chi connectivity index (χ2n) is 5.27. The summed E-state index contributed by atoms with van der Waals surface area (Å²) in [5.41, 5.74) is 1.51. The minimum atomic E-state index is -0.999. The zero-order chi connectivity index (χ0) is 18.0. The summed E-state index contributed by atoms with van der Waals surface area (Å²) in [6, 6.07) is 8.77. The van der Waals surface area contributed by atoms with Crippen molar-refractivity contribution >= 4 is 56.0 Å². The van der Waals surface area contributed by atoms with Gasteiger partial charge in [0.05, 0.1) is 11.3 Å². The van der Waals surface area contributed by atoms with Crippen LogP contribution >= 0.6 is 27.5 Å². The maximum Gasteiger partial charge on any atom is 0.341 e. The fourth-order valence-electron chi connectivity index (χ4n) is 2.25. The number of halogens is 2. The minimum absolute atomic E-state index is 0.163. The van der Waals surface area contributed by atoms with Gasteiger partial charge in [-0.15, -0.1) is 0 Å². The first-order chi connectivity index (χ1) is 12.0. The van der Waals surface area contributed by atoms with Gasteiger partial charge in [-0.05, 0) is 37.3 Å². The van der Waals surface area contributed by atoms with Crippen LogP contribution in [-0.2, 0) is 9.53 Å². The van der Waals surface area contributed by atoms with Crippen molar-refractivity contribution in [1.82, 2.24) is 9.97 Å². The highest BCUT2D eigenvalue weighted by molar-refractivity contribution is 9.10. The van der Waals surface area contributed by atoms with Gasteiger partial charge in [0, 0.05) is 27.8 Å². The quantitative estimate of drug-likeness (QED) is 0.488. The normalized spacial score (nSPS) is 12.0. The lowest BCUT2D eigenvalue weighted by atomic mass is 10.2. The number of benzene rings is 1. The number of fused-ring (bicyclic) bond motifs is 1. The summed E-state index contributed by atoms with van der Waals surface area (Å²) in [5, 5.41) is 3.45. The number of amides is 1. The Hall–Kier alpha value is -2.38. The molecule has 0 spiro atoms. The number of H-pyrrole nitrogens is 1. The van der Waals surface area contributed by atoms with E-state index in [1.54, 1.807) is 18.3 Å². The van der Waals surface area contributed by atoms with Gasteiger partial charge in [0.15, 0.2) is 11.3 Å². The van der Waals surface area contributed by atoms with Crippen molar-refractivity contribution in [2.45, 2.75) is 13.0 Å². The van der Waals surface area contributed by atoms with Crippen LogP contribution in [0.15, 0.2) is 47.2 Å². The second-order valence-corrected chi connectivity index (χ2v) is 6.54. The van der Waals surface area contributed by atoms with Crippen LogP contribution in [0.5, 0.6) is 0 Å². The maximum atomic E-state index is 12.4. The van der Waals surface area contributed by atoms with E-state index in [1.165, 1.54) is 13.1 Å². The number of esters is 1. The molecule has 25 heavy (non-hydrogen) atoms. The number of hydrogen-bond donors (Lipinski definition) is 2. The standard InChI is InChI=1S/C17H13BrClN3O3/c1-9(16(23)22-14-3-2-6-20-15(14)19)25-17(24)12-8-21-13-5-4-10(18)7-11(12)13/h2-9,21H,1H3,(H,22,23). The Morgan fingerprint density at radius 3 is 2.92 bits per heavy atom. The average molecular weight is 423 g/mol. The molecule has 0 radical (unpaired) electrons. The van der Waals surface area contributed by atoms with Crippen LogP contribution in [0.3, 0.4) is 0 Å². The summed E-state index contributed by atoms with van der Waals surface area (Å²) in [6.45, 7) is 1.49. The number of anilines is 1. The van der Waals surface area contributed by atoms with E-state index in [2.05, 4.69) is 31.2 Å². The van der Waals surface area contributed by atoms with Crippen molar-refractivity contribution in [3.8, 4) is 0 Å². The average Bonchev–Trinajstić information content (AvgIpc) is 2.99. The number of nitrogens with one attached hydrogen (secondary N) is 2. The van der Waals surface area contributed by atoms with Gasteiger partial charge in [-0.2, -0.15) is 0 Å². The lowest BCUT2D eigenvalue weighted by molar-refractivity contribution is -0.123. The molecule has 2 aromatic heterocycles. The molecule has 0 saturated heterocycles. The predicted molar refractivity (Wildman–Crippen MR) is 98.8 cm³/mol. The summed E-state index contributed by atoms with van der Waals surface area (Å²) in [5.74, 6) is -1.09. The number of rotatable bonds is 4. The first-order valence-corrected chi connectivity index (χ1v) is 8.52. The van der Waals surface area contributed by atoms with Crippen LogP contribution in [0.4, 0.5) is 5.69 Å². The van der Waals surface area contributed by atoms with Crippen LogP contribution in [0.1, 0.15) is 17.3 Å². The molecule has 3 rings (SSSR count). The fraction of sp³-hybridized carbons (Fsp3) is 0.118. The molecule has 8 heteroatoms. The number of nitrogens with zero attached hydrogens (tertiary/aromatic N) is 1. The number of aromatic nitrogens is 2. The van der Waals surface area contributed by atoms with Crippen LogP contribution in [0.2, 0.25) is 5.15 Å². The van der Waals surface area contributed by atoms with E-state index in [0.717, 1.165) is 9.99 Å². The lowest BCUT2D eigenvalue weighted by Gasteiger charge is -2.13. The molecule has 128 valence electrons. The third kappa shape index (κ3) is 3.83. The molecule has 6 nitrogen and oxygen atoms in total. The van der Waals surface area contributed by atoms with E-state index >= 15 is 0 Å². The molecular weight excluding hydrogens is 410 g/mol. The Labute approximate surface area is 156 Å². The monoisotopic (exact) mass is 421 g/mol. The van der Waals surface area contributed by atoms with E-state index < -0.39 is 18.0 Å². The van der Waals surface area contributed by atoms with E-state index in [0.29, 0.717) is 16.6 Å². The van der Waals surface area contributed by atoms with Crippen LogP contribution in [0, 0.1) is 0 Å². The summed E-state index contributed by atoms with van der Waals surface area (Å²) < 4.78 is 6.11. The van der Waals surface area contributed by atoms with E-state index in [1.807, 2.05) is 18.2 Å². The molecule has 2 N–H and O–H groups in total. The Morgan fingerprint density at radius 1 is 1.36 bits per heavy atom. The number of hydrogen-bond acceptors (Lipinski definition) is 4. The predicted octanol–water partition coefficient (Wildman–Crippen LogP) is 4.16. The zero-order valence-corrected chi connectivity index (χ0v) is 15.4. The molecule has 0 fully saturated rings. The van der Waals surface area contributed by atoms with Crippen molar-refractivity contribution in [1.29, 1.82) is 0 Å². The van der Waals surface area contributed by atoms with Crippen molar-refractivity contribution in [2.75, 3.05) is 5.32 Å². The highest BCUT2D eigenvalue weighted by Gasteiger charge is 2.22. The molecule has 0 bridgehead atoms. The van der Waals surface area contributed by atoms with Gasteiger partial charge in [-0.1, -0.05) is 27.5 Å². The molecule has 1 aromatic carbocycles. The first kappa shape index (κ1) is 17.4. The number of aromatic amines is 1. The Bertz CT molecular complexity index is 957. The first-order valence-electron chi connectivity index (χ1n) is 7.34. The summed E-state index contributed by atoms with van der Waals surface area (Å²) in [4.78, 5) is 31.5. The Kier molecular flexibility index (Phi) is 5.06. The van der Waals surface area contributed by atoms with Gasteiger partial charge in [0.25, 0.3) is 5.91 Å². The van der Waals surface area contributed by atoms with E-state index in [-0.39, 0.29) is 5.15 Å².